The minimum Gasteiger partial charge on any atom is -0.481 e. The molecule has 0 saturated heterocycles. The molecule has 0 bridgehead atoms. The third-order valence-electron chi connectivity index (χ3n) is 1.64. The number of rotatable bonds is 3. The van der Waals surface area contributed by atoms with Gasteiger partial charge in [-0.2, -0.15) is 0 Å². The molecule has 0 spiro atoms. The zero-order valence-corrected chi connectivity index (χ0v) is 8.59. The minimum atomic E-state index is -0.969. The summed E-state index contributed by atoms with van der Waals surface area (Å²) in [5.74, 6) is -0.969. The molecule has 0 aromatic carbocycles. The van der Waals surface area contributed by atoms with Gasteiger partial charge in [-0.3, -0.25) is 4.79 Å². The zero-order chi connectivity index (χ0) is 10.7. The van der Waals surface area contributed by atoms with Crippen LogP contribution < -0.4 is 5.73 Å². The predicted molar refractivity (Wildman–Crippen MR) is 53.4 cm³/mol. The molecule has 0 aliphatic heterocycles. The van der Waals surface area contributed by atoms with Crippen LogP contribution in [-0.4, -0.2) is 16.1 Å². The summed E-state index contributed by atoms with van der Waals surface area (Å²) >= 11 is 11.3. The topological polar surface area (TPSA) is 76.2 Å². The van der Waals surface area contributed by atoms with Crippen LogP contribution in [0.2, 0.25) is 10.2 Å². The van der Waals surface area contributed by atoms with Crippen LogP contribution >= 0.6 is 23.2 Å². The molecule has 0 fully saturated rings. The maximum absolute atomic E-state index is 10.4. The number of aliphatic carboxylic acids is 1. The highest BCUT2D eigenvalue weighted by atomic mass is 35.5. The van der Waals surface area contributed by atoms with Crippen LogP contribution in [0.5, 0.6) is 0 Å². The van der Waals surface area contributed by atoms with Crippen molar-refractivity contribution in [2.75, 3.05) is 0 Å². The number of nitrogens with zero attached hydrogens (tertiary/aromatic N) is 1. The number of hydrogen-bond donors (Lipinski definition) is 2. The molecular formula is C8H8Cl2N2O2. The maximum atomic E-state index is 10.4. The third-order valence-corrected chi connectivity index (χ3v) is 2.33. The summed E-state index contributed by atoms with van der Waals surface area (Å²) in [4.78, 5) is 14.1. The molecule has 0 saturated carbocycles. The summed E-state index contributed by atoms with van der Waals surface area (Å²) in [6.45, 7) is 0. The number of aromatic nitrogens is 1. The number of carboxylic acids is 1. The lowest BCUT2D eigenvalue weighted by Gasteiger charge is -2.09. The molecule has 3 N–H and O–H groups in total. The van der Waals surface area contributed by atoms with Crippen LogP contribution in [0.25, 0.3) is 0 Å². The van der Waals surface area contributed by atoms with Gasteiger partial charge in [-0.15, -0.1) is 0 Å². The van der Waals surface area contributed by atoms with E-state index >= 15 is 0 Å². The fraction of sp³-hybridized carbons (Fsp3) is 0.250. The lowest BCUT2D eigenvalue weighted by molar-refractivity contribution is -0.137. The van der Waals surface area contributed by atoms with Crippen molar-refractivity contribution in [3.63, 3.8) is 0 Å². The molecule has 0 amide bonds. The van der Waals surface area contributed by atoms with Crippen molar-refractivity contribution in [1.29, 1.82) is 0 Å². The van der Waals surface area contributed by atoms with Crippen molar-refractivity contribution < 1.29 is 9.90 Å². The van der Waals surface area contributed by atoms with Crippen LogP contribution in [0.15, 0.2) is 12.3 Å². The average Bonchev–Trinajstić information content (AvgIpc) is 2.08. The van der Waals surface area contributed by atoms with Crippen molar-refractivity contribution >= 4 is 29.2 Å². The molecule has 4 nitrogen and oxygen atoms in total. The van der Waals surface area contributed by atoms with E-state index in [9.17, 15) is 4.79 Å². The molecule has 1 aromatic rings. The van der Waals surface area contributed by atoms with Crippen molar-refractivity contribution in [1.82, 2.24) is 4.98 Å². The highest BCUT2D eigenvalue weighted by Gasteiger charge is 2.12. The average molecular weight is 235 g/mol. The minimum absolute atomic E-state index is 0.167. The second-order valence-electron chi connectivity index (χ2n) is 2.75. The molecule has 0 unspecified atom stereocenters. The van der Waals surface area contributed by atoms with Crippen molar-refractivity contribution in [2.45, 2.75) is 12.5 Å². The van der Waals surface area contributed by atoms with E-state index in [-0.39, 0.29) is 16.6 Å². The largest absolute Gasteiger partial charge is 0.481 e. The Kier molecular flexibility index (Phi) is 3.69. The van der Waals surface area contributed by atoms with Gasteiger partial charge in [0.1, 0.15) is 5.15 Å². The first-order valence-electron chi connectivity index (χ1n) is 3.79. The Bertz CT molecular complexity index is 357. The molecule has 14 heavy (non-hydrogen) atoms. The molecule has 0 radical (unpaired) electrons. The molecule has 0 aliphatic rings. The fourth-order valence-corrected chi connectivity index (χ4v) is 1.22. The van der Waals surface area contributed by atoms with Crippen molar-refractivity contribution in [2.24, 2.45) is 5.73 Å². The summed E-state index contributed by atoms with van der Waals surface area (Å²) in [5.41, 5.74) is 6.15. The third kappa shape index (κ3) is 2.83. The second-order valence-corrected chi connectivity index (χ2v) is 3.51. The van der Waals surface area contributed by atoms with E-state index in [2.05, 4.69) is 4.98 Å². The van der Waals surface area contributed by atoms with Crippen LogP contribution in [-0.2, 0) is 4.79 Å². The van der Waals surface area contributed by atoms with Gasteiger partial charge in [-0.1, -0.05) is 23.2 Å². The zero-order valence-electron chi connectivity index (χ0n) is 7.08. The fourth-order valence-electron chi connectivity index (χ4n) is 0.945. The van der Waals surface area contributed by atoms with Gasteiger partial charge in [0.25, 0.3) is 0 Å². The number of nitrogens with two attached hydrogens (primary N) is 1. The first kappa shape index (κ1) is 11.2. The van der Waals surface area contributed by atoms with E-state index in [1.54, 1.807) is 0 Å². The van der Waals surface area contributed by atoms with Crippen LogP contribution in [0, 0.1) is 0 Å². The first-order valence-corrected chi connectivity index (χ1v) is 4.54. The van der Waals surface area contributed by atoms with E-state index in [0.717, 1.165) is 0 Å². The number of carboxylic acid groups (broad SMARTS) is 1. The Morgan fingerprint density at radius 3 is 2.79 bits per heavy atom. The molecule has 1 aromatic heterocycles. The van der Waals surface area contributed by atoms with Gasteiger partial charge in [0.05, 0.1) is 11.4 Å². The van der Waals surface area contributed by atoms with Crippen LogP contribution in [0.3, 0.4) is 0 Å². The molecule has 1 rings (SSSR count). The smallest absolute Gasteiger partial charge is 0.305 e. The Balaban J connectivity index is 2.85. The van der Waals surface area contributed by atoms with Gasteiger partial charge in [-0.05, 0) is 11.6 Å². The Morgan fingerprint density at radius 2 is 2.29 bits per heavy atom. The number of carbonyl (C=O) groups is 1. The van der Waals surface area contributed by atoms with E-state index in [4.69, 9.17) is 34.0 Å². The van der Waals surface area contributed by atoms with Gasteiger partial charge in [-0.25, -0.2) is 4.98 Å². The van der Waals surface area contributed by atoms with Crippen LogP contribution in [0.1, 0.15) is 18.0 Å². The Morgan fingerprint density at radius 1 is 1.64 bits per heavy atom. The first-order chi connectivity index (χ1) is 6.50. The van der Waals surface area contributed by atoms with Crippen molar-refractivity contribution in [3.8, 4) is 0 Å². The monoisotopic (exact) mass is 234 g/mol. The SMILES string of the molecule is N[C@@H](CC(=O)O)c1cnc(Cl)c(Cl)c1. The van der Waals surface area contributed by atoms with Crippen molar-refractivity contribution in [3.05, 3.63) is 28.0 Å². The molecule has 76 valence electrons. The molecular weight excluding hydrogens is 227 g/mol. The second kappa shape index (κ2) is 4.59. The van der Waals surface area contributed by atoms with Gasteiger partial charge < -0.3 is 10.8 Å². The molecule has 1 heterocycles. The number of hydrogen-bond acceptors (Lipinski definition) is 3. The lowest BCUT2D eigenvalue weighted by atomic mass is 10.1. The summed E-state index contributed by atoms with van der Waals surface area (Å²) in [5, 5.41) is 8.96. The highest BCUT2D eigenvalue weighted by Crippen LogP contribution is 2.23. The van der Waals surface area contributed by atoms with Gasteiger partial charge in [0, 0.05) is 12.2 Å². The summed E-state index contributed by atoms with van der Waals surface area (Å²) in [7, 11) is 0. The lowest BCUT2D eigenvalue weighted by Crippen LogP contribution is -2.15. The van der Waals surface area contributed by atoms with E-state index < -0.39 is 12.0 Å². The normalized spacial score (nSPS) is 12.5. The van der Waals surface area contributed by atoms with E-state index in [1.165, 1.54) is 12.3 Å². The summed E-state index contributed by atoms with van der Waals surface area (Å²) in [6, 6.07) is 0.902. The summed E-state index contributed by atoms with van der Waals surface area (Å²) in [6.07, 6.45) is 1.25. The molecule has 6 heteroatoms. The van der Waals surface area contributed by atoms with Crippen LogP contribution in [0.4, 0.5) is 0 Å². The van der Waals surface area contributed by atoms with Gasteiger partial charge >= 0.3 is 5.97 Å². The Labute approximate surface area is 90.6 Å². The Hall–Kier alpha value is -0.840. The quantitative estimate of drug-likeness (QED) is 0.784. The van der Waals surface area contributed by atoms with Gasteiger partial charge in [0.2, 0.25) is 0 Å². The van der Waals surface area contributed by atoms with Gasteiger partial charge in [0.15, 0.2) is 0 Å². The number of halogens is 2. The highest BCUT2D eigenvalue weighted by molar-refractivity contribution is 6.41. The molecule has 1 atom stereocenters. The summed E-state index contributed by atoms with van der Waals surface area (Å²) < 4.78 is 0. The molecule has 0 aliphatic carbocycles. The number of pyridine rings is 1. The predicted octanol–water partition coefficient (Wildman–Crippen LogP) is 1.86. The maximum Gasteiger partial charge on any atom is 0.305 e. The standard InChI is InChI=1S/C8H8Cl2N2O2/c9-5-1-4(3-12-8(5)10)6(11)2-7(13)14/h1,3,6H,2,11H2,(H,13,14)/t6-/m0/s1. The van der Waals surface area contributed by atoms with E-state index in [0.29, 0.717) is 5.56 Å². The van der Waals surface area contributed by atoms with E-state index in [1.807, 2.05) is 0 Å².